The summed E-state index contributed by atoms with van der Waals surface area (Å²) in [5.41, 5.74) is 0.814. The van der Waals surface area contributed by atoms with E-state index in [4.69, 9.17) is 9.84 Å². The van der Waals surface area contributed by atoms with Crippen LogP contribution in [0.3, 0.4) is 0 Å². The Kier molecular flexibility index (Phi) is 5.95. The highest BCUT2D eigenvalue weighted by atomic mass is 16.5. The fourth-order valence-corrected chi connectivity index (χ4v) is 2.49. The molecule has 0 saturated heterocycles. The van der Waals surface area contributed by atoms with E-state index in [1.807, 2.05) is 19.9 Å². The summed E-state index contributed by atoms with van der Waals surface area (Å²) in [4.78, 5) is 22.2. The number of aliphatic carboxylic acids is 1. The van der Waals surface area contributed by atoms with Crippen LogP contribution in [0.15, 0.2) is 24.3 Å². The summed E-state index contributed by atoms with van der Waals surface area (Å²) < 4.78 is 5.82. The molecule has 0 bridgehead atoms. The normalized spacial score (nSPS) is 26.0. The summed E-state index contributed by atoms with van der Waals surface area (Å²) in [5.74, 6) is -1.02. The maximum Gasteiger partial charge on any atom is 0.307 e. The number of hydrogen-bond donors (Lipinski definition) is 2. The minimum absolute atomic E-state index is 0.00487. The molecule has 20 heavy (non-hydrogen) atoms. The molecule has 0 spiro atoms. The lowest BCUT2D eigenvalue weighted by Gasteiger charge is -2.36. The number of amides is 1. The predicted octanol–water partition coefficient (Wildman–Crippen LogP) is 1.89. The molecule has 0 aromatic carbocycles. The molecule has 0 fully saturated rings. The zero-order chi connectivity index (χ0) is 15.3. The van der Waals surface area contributed by atoms with Gasteiger partial charge < -0.3 is 15.2 Å². The topological polar surface area (TPSA) is 75.6 Å². The average Bonchev–Trinajstić information content (AvgIpc) is 2.30. The molecule has 1 aliphatic rings. The lowest BCUT2D eigenvalue weighted by molar-refractivity contribution is -0.136. The van der Waals surface area contributed by atoms with Gasteiger partial charge in [-0.1, -0.05) is 17.7 Å². The van der Waals surface area contributed by atoms with E-state index in [1.165, 1.54) is 6.92 Å². The smallest absolute Gasteiger partial charge is 0.307 e. The van der Waals surface area contributed by atoms with Gasteiger partial charge in [-0.05, 0) is 20.3 Å². The molecule has 112 valence electrons. The van der Waals surface area contributed by atoms with Gasteiger partial charge in [0.25, 0.3) is 0 Å². The predicted molar refractivity (Wildman–Crippen MR) is 76.3 cm³/mol. The van der Waals surface area contributed by atoms with Gasteiger partial charge >= 0.3 is 5.97 Å². The van der Waals surface area contributed by atoms with Crippen molar-refractivity contribution in [3.63, 3.8) is 0 Å². The molecule has 2 N–H and O–H groups in total. The van der Waals surface area contributed by atoms with Crippen LogP contribution in [-0.2, 0) is 14.3 Å². The molecule has 0 radical (unpaired) electrons. The maximum absolute atomic E-state index is 11.3. The molecule has 0 aliphatic heterocycles. The van der Waals surface area contributed by atoms with E-state index in [0.717, 1.165) is 5.57 Å². The van der Waals surface area contributed by atoms with Crippen LogP contribution in [0.5, 0.6) is 0 Å². The standard InChI is InChI=1S/C15H23NO4/c1-5-12-6-11(8-14(18)19)7-13(20-9(2)3)15(12)16-10(4)17/h5,7,9,12-13,15H,1,6,8H2,2-4H3,(H,16,17)(H,18,19)/t12?,13-,15+/m0/s1. The van der Waals surface area contributed by atoms with Crippen molar-refractivity contribution in [2.24, 2.45) is 5.92 Å². The van der Waals surface area contributed by atoms with Crippen LogP contribution in [0.4, 0.5) is 0 Å². The minimum atomic E-state index is -0.861. The molecule has 0 heterocycles. The molecule has 0 saturated carbocycles. The van der Waals surface area contributed by atoms with Gasteiger partial charge in [-0.2, -0.15) is 0 Å². The first-order valence-electron chi connectivity index (χ1n) is 6.80. The molecule has 5 heteroatoms. The number of carboxylic acid groups (broad SMARTS) is 1. The number of ether oxygens (including phenoxy) is 1. The molecule has 1 amide bonds. The second-order valence-electron chi connectivity index (χ2n) is 5.37. The van der Waals surface area contributed by atoms with Crippen LogP contribution < -0.4 is 5.32 Å². The van der Waals surface area contributed by atoms with Crippen LogP contribution in [0.25, 0.3) is 0 Å². The number of nitrogens with one attached hydrogen (secondary N) is 1. The zero-order valence-electron chi connectivity index (χ0n) is 12.3. The van der Waals surface area contributed by atoms with Gasteiger partial charge in [0.2, 0.25) is 5.91 Å². The first kappa shape index (κ1) is 16.4. The van der Waals surface area contributed by atoms with Crippen molar-refractivity contribution >= 4 is 11.9 Å². The fraction of sp³-hybridized carbons (Fsp3) is 0.600. The molecular formula is C15H23NO4. The molecular weight excluding hydrogens is 258 g/mol. The number of rotatable bonds is 6. The van der Waals surface area contributed by atoms with Crippen molar-refractivity contribution in [3.05, 3.63) is 24.3 Å². The van der Waals surface area contributed by atoms with E-state index in [2.05, 4.69) is 11.9 Å². The Morgan fingerprint density at radius 3 is 2.70 bits per heavy atom. The van der Waals surface area contributed by atoms with Gasteiger partial charge in [0.15, 0.2) is 0 Å². The molecule has 5 nitrogen and oxygen atoms in total. The largest absolute Gasteiger partial charge is 0.481 e. The summed E-state index contributed by atoms with van der Waals surface area (Å²) in [6, 6.07) is -0.204. The van der Waals surface area contributed by atoms with Crippen LogP contribution >= 0.6 is 0 Å². The lowest BCUT2D eigenvalue weighted by atomic mass is 9.81. The Morgan fingerprint density at radius 2 is 2.25 bits per heavy atom. The summed E-state index contributed by atoms with van der Waals surface area (Å²) in [5, 5.41) is 11.8. The van der Waals surface area contributed by atoms with Crippen molar-refractivity contribution in [1.29, 1.82) is 0 Å². The van der Waals surface area contributed by atoms with E-state index < -0.39 is 5.97 Å². The Labute approximate surface area is 119 Å². The number of hydrogen-bond acceptors (Lipinski definition) is 3. The summed E-state index contributed by atoms with van der Waals surface area (Å²) in [6.07, 6.45) is 3.82. The Bertz CT molecular complexity index is 414. The van der Waals surface area contributed by atoms with Gasteiger partial charge in [0, 0.05) is 12.8 Å². The zero-order valence-corrected chi connectivity index (χ0v) is 12.3. The molecule has 0 aromatic heterocycles. The van der Waals surface area contributed by atoms with Crippen LogP contribution in [0, 0.1) is 5.92 Å². The fourth-order valence-electron chi connectivity index (χ4n) is 2.49. The average molecular weight is 281 g/mol. The highest BCUT2D eigenvalue weighted by Crippen LogP contribution is 2.30. The Morgan fingerprint density at radius 1 is 1.60 bits per heavy atom. The third-order valence-electron chi connectivity index (χ3n) is 3.19. The Balaban J connectivity index is 3.00. The second-order valence-corrected chi connectivity index (χ2v) is 5.37. The van der Waals surface area contributed by atoms with E-state index in [-0.39, 0.29) is 36.5 Å². The van der Waals surface area contributed by atoms with Gasteiger partial charge in [0.05, 0.1) is 24.7 Å². The first-order valence-corrected chi connectivity index (χ1v) is 6.80. The van der Waals surface area contributed by atoms with Crippen molar-refractivity contribution in [1.82, 2.24) is 5.32 Å². The van der Waals surface area contributed by atoms with E-state index in [1.54, 1.807) is 6.08 Å². The molecule has 1 aliphatic carbocycles. The summed E-state index contributed by atoms with van der Waals surface area (Å²) in [6.45, 7) is 9.07. The van der Waals surface area contributed by atoms with Crippen molar-refractivity contribution in [2.75, 3.05) is 0 Å². The number of carboxylic acids is 1. The van der Waals surface area contributed by atoms with Crippen molar-refractivity contribution in [3.8, 4) is 0 Å². The van der Waals surface area contributed by atoms with Gasteiger partial charge in [-0.25, -0.2) is 0 Å². The summed E-state index contributed by atoms with van der Waals surface area (Å²) in [7, 11) is 0. The Hall–Kier alpha value is -1.62. The van der Waals surface area contributed by atoms with Crippen LogP contribution in [0.1, 0.15) is 33.6 Å². The van der Waals surface area contributed by atoms with Crippen molar-refractivity contribution in [2.45, 2.75) is 51.9 Å². The molecule has 3 atom stereocenters. The SMILES string of the molecule is C=CC1CC(CC(=O)O)=C[C@H](OC(C)C)[C@@H]1NC(C)=O. The maximum atomic E-state index is 11.3. The highest BCUT2D eigenvalue weighted by molar-refractivity contribution is 5.73. The molecule has 1 unspecified atom stereocenters. The van der Waals surface area contributed by atoms with E-state index in [9.17, 15) is 9.59 Å². The molecule has 1 rings (SSSR count). The van der Waals surface area contributed by atoms with Crippen LogP contribution in [-0.4, -0.2) is 35.2 Å². The molecule has 0 aromatic rings. The highest BCUT2D eigenvalue weighted by Gasteiger charge is 2.33. The minimum Gasteiger partial charge on any atom is -0.481 e. The quantitative estimate of drug-likeness (QED) is 0.729. The number of carbonyl (C=O) groups excluding carboxylic acids is 1. The monoisotopic (exact) mass is 281 g/mol. The first-order chi connectivity index (χ1) is 9.33. The van der Waals surface area contributed by atoms with E-state index in [0.29, 0.717) is 6.42 Å². The third-order valence-corrected chi connectivity index (χ3v) is 3.19. The van der Waals surface area contributed by atoms with Crippen molar-refractivity contribution < 1.29 is 19.4 Å². The lowest BCUT2D eigenvalue weighted by Crippen LogP contribution is -2.50. The van der Waals surface area contributed by atoms with Gasteiger partial charge in [0.1, 0.15) is 0 Å². The van der Waals surface area contributed by atoms with Gasteiger partial charge in [-0.15, -0.1) is 6.58 Å². The third kappa shape index (κ3) is 4.81. The van der Waals surface area contributed by atoms with Crippen LogP contribution in [0.2, 0.25) is 0 Å². The van der Waals surface area contributed by atoms with Gasteiger partial charge in [-0.3, -0.25) is 9.59 Å². The second kappa shape index (κ2) is 7.24. The van der Waals surface area contributed by atoms with E-state index >= 15 is 0 Å². The summed E-state index contributed by atoms with van der Waals surface area (Å²) >= 11 is 0. The number of carbonyl (C=O) groups is 2.